The summed E-state index contributed by atoms with van der Waals surface area (Å²) >= 11 is 0. The topological polar surface area (TPSA) is 13.0 Å². The summed E-state index contributed by atoms with van der Waals surface area (Å²) in [7, 11) is 0. The third-order valence-electron chi connectivity index (χ3n) is 9.40. The second-order valence-corrected chi connectivity index (χ2v) is 12.1. The summed E-state index contributed by atoms with van der Waals surface area (Å²) in [6, 6.07) is 24.3. The van der Waals surface area contributed by atoms with Crippen LogP contribution in [0.15, 0.2) is 85.5 Å². The summed E-state index contributed by atoms with van der Waals surface area (Å²) in [5.74, 6) is 0. The van der Waals surface area contributed by atoms with Gasteiger partial charge in [0, 0.05) is 36.2 Å². The monoisotopic (exact) mass is 514 g/mol. The summed E-state index contributed by atoms with van der Waals surface area (Å²) in [6.45, 7) is 8.79. The molecule has 4 aliphatic rings. The first-order valence-electron chi connectivity index (χ1n) is 14.7. The van der Waals surface area contributed by atoms with Gasteiger partial charge in [0.25, 0.3) is 0 Å². The zero-order chi connectivity index (χ0) is 26.5. The van der Waals surface area contributed by atoms with Crippen LogP contribution in [0, 0.1) is 20.8 Å². The fourth-order valence-corrected chi connectivity index (χ4v) is 7.62. The molecule has 3 aromatic carbocycles. The Morgan fingerprint density at radius 1 is 0.615 bits per heavy atom. The smallest absolute Gasteiger partial charge is 0.242 e. The number of fused-ring (bicyclic) bond motifs is 13. The van der Waals surface area contributed by atoms with Crippen LogP contribution in [-0.2, 0) is 0 Å². The molecule has 1 saturated carbocycles. The molecule has 3 heterocycles. The number of hydrogen-bond donors (Lipinski definition) is 0. The van der Waals surface area contributed by atoms with Crippen LogP contribution in [0.3, 0.4) is 0 Å². The van der Waals surface area contributed by atoms with E-state index < -0.39 is 0 Å². The fraction of sp³-hybridized carbons (Fsp3) is 0.353. The van der Waals surface area contributed by atoms with E-state index in [4.69, 9.17) is 0 Å². The second-order valence-electron chi connectivity index (χ2n) is 12.1. The molecule has 0 N–H and O–H groups in total. The highest BCUT2D eigenvalue weighted by Crippen LogP contribution is 2.32. The van der Waals surface area contributed by atoms with Crippen molar-refractivity contribution in [1.29, 1.82) is 0 Å². The predicted molar refractivity (Wildman–Crippen MR) is 166 cm³/mol. The highest BCUT2D eigenvalue weighted by atomic mass is 15.4. The van der Waals surface area contributed by atoms with Crippen molar-refractivity contribution in [3.63, 3.8) is 0 Å². The number of hydrogen-bond acceptors (Lipinski definition) is 4. The molecule has 3 aliphatic heterocycles. The van der Waals surface area contributed by atoms with Gasteiger partial charge in [-0.1, -0.05) is 88.7 Å². The van der Waals surface area contributed by atoms with Crippen LogP contribution in [0.4, 0.5) is 11.4 Å². The molecule has 1 fully saturated rings. The molecule has 0 aromatic heterocycles. The van der Waals surface area contributed by atoms with E-state index in [1.165, 1.54) is 76.6 Å². The lowest BCUT2D eigenvalue weighted by Crippen LogP contribution is -2.54. The standard InChI is InChI=1S/C34H39BN4/c1-25-19-26(2)34(27(3)20-25)35-28-9-7-11-30(21-28)36-15-17-38(23-36)32-13-5-4-6-14-33(32)39-18-16-37(24-39)31-12-8-10-29(35)22-31/h7-12,15-22,32-33H,4-6,13-14,23-24H2,1-3H3. The molecular formula is C34H39BN4. The van der Waals surface area contributed by atoms with Crippen molar-refractivity contribution in [2.24, 2.45) is 0 Å². The van der Waals surface area contributed by atoms with Crippen LogP contribution in [0.1, 0.15) is 48.8 Å². The first kappa shape index (κ1) is 24.4. The normalized spacial score (nSPS) is 22.1. The molecule has 4 nitrogen and oxygen atoms in total. The lowest BCUT2D eigenvalue weighted by Gasteiger charge is -2.39. The molecule has 2 atom stereocenters. The molecule has 0 spiro atoms. The SMILES string of the molecule is Cc1cc(C)c(B2c3cccc(c3)N3C=CN(C3)C3CCCCCC3N3C=CN(C3)c3cccc2c3)c(C)c1. The molecule has 8 bridgehead atoms. The molecular weight excluding hydrogens is 475 g/mol. The van der Waals surface area contributed by atoms with Crippen molar-refractivity contribution in [2.45, 2.75) is 65.0 Å². The van der Waals surface area contributed by atoms with Gasteiger partial charge in [0.05, 0.1) is 25.4 Å². The lowest BCUT2D eigenvalue weighted by atomic mass is 9.35. The van der Waals surface area contributed by atoms with Gasteiger partial charge < -0.3 is 19.6 Å². The number of benzene rings is 3. The Bertz CT molecular complexity index is 1340. The van der Waals surface area contributed by atoms with E-state index in [-0.39, 0.29) is 6.71 Å². The highest BCUT2D eigenvalue weighted by molar-refractivity contribution is 6.96. The van der Waals surface area contributed by atoms with Gasteiger partial charge >= 0.3 is 0 Å². The van der Waals surface area contributed by atoms with Crippen molar-refractivity contribution in [3.8, 4) is 0 Å². The summed E-state index contributed by atoms with van der Waals surface area (Å²) in [5, 5.41) is 0. The summed E-state index contributed by atoms with van der Waals surface area (Å²) in [6.07, 6.45) is 15.8. The van der Waals surface area contributed by atoms with Crippen molar-refractivity contribution in [3.05, 3.63) is 102 Å². The molecule has 2 unspecified atom stereocenters. The van der Waals surface area contributed by atoms with Crippen LogP contribution >= 0.6 is 0 Å². The highest BCUT2D eigenvalue weighted by Gasteiger charge is 2.35. The average Bonchev–Trinajstić information content (AvgIpc) is 3.56. The number of anilines is 2. The van der Waals surface area contributed by atoms with Crippen LogP contribution in [0.25, 0.3) is 0 Å². The molecule has 1 aliphatic carbocycles. The summed E-state index contributed by atoms with van der Waals surface area (Å²) < 4.78 is 0. The molecule has 7 rings (SSSR count). The van der Waals surface area contributed by atoms with E-state index in [0.29, 0.717) is 12.1 Å². The second kappa shape index (κ2) is 9.86. The van der Waals surface area contributed by atoms with Gasteiger partial charge in [-0.3, -0.25) is 0 Å². The number of nitrogens with zero attached hydrogens (tertiary/aromatic N) is 4. The Balaban J connectivity index is 1.40. The molecule has 3 aromatic rings. The van der Waals surface area contributed by atoms with E-state index in [9.17, 15) is 0 Å². The zero-order valence-electron chi connectivity index (χ0n) is 23.6. The zero-order valence-corrected chi connectivity index (χ0v) is 23.6. The third kappa shape index (κ3) is 4.42. The quantitative estimate of drug-likeness (QED) is 0.427. The van der Waals surface area contributed by atoms with Crippen molar-refractivity contribution < 1.29 is 0 Å². The minimum atomic E-state index is 0.173. The van der Waals surface area contributed by atoms with Crippen LogP contribution in [-0.4, -0.2) is 41.9 Å². The molecule has 0 amide bonds. The van der Waals surface area contributed by atoms with Gasteiger partial charge in [-0.15, -0.1) is 0 Å². The summed E-state index contributed by atoms with van der Waals surface area (Å²) in [4.78, 5) is 10.1. The molecule has 5 heteroatoms. The van der Waals surface area contributed by atoms with Crippen LogP contribution in [0.2, 0.25) is 0 Å². The lowest BCUT2D eigenvalue weighted by molar-refractivity contribution is 0.148. The van der Waals surface area contributed by atoms with Crippen molar-refractivity contribution >= 4 is 34.5 Å². The van der Waals surface area contributed by atoms with E-state index >= 15 is 0 Å². The van der Waals surface area contributed by atoms with Crippen LogP contribution in [0.5, 0.6) is 0 Å². The average molecular weight is 515 g/mol. The minimum Gasteiger partial charge on any atom is -0.353 e. The van der Waals surface area contributed by atoms with Gasteiger partial charge in [0.1, 0.15) is 0 Å². The van der Waals surface area contributed by atoms with Crippen LogP contribution < -0.4 is 26.2 Å². The van der Waals surface area contributed by atoms with E-state index in [1.807, 2.05) is 0 Å². The minimum absolute atomic E-state index is 0.173. The van der Waals surface area contributed by atoms with E-state index in [2.05, 4.69) is 126 Å². The number of rotatable bonds is 1. The first-order chi connectivity index (χ1) is 19.0. The van der Waals surface area contributed by atoms with Crippen molar-refractivity contribution in [1.82, 2.24) is 9.80 Å². The van der Waals surface area contributed by atoms with Gasteiger partial charge in [-0.05, 0) is 57.9 Å². The molecule has 198 valence electrons. The third-order valence-corrected chi connectivity index (χ3v) is 9.40. The maximum atomic E-state index is 2.62. The Hall–Kier alpha value is -3.60. The maximum absolute atomic E-state index is 2.62. The fourth-order valence-electron chi connectivity index (χ4n) is 7.62. The Morgan fingerprint density at radius 2 is 1.13 bits per heavy atom. The Kier molecular flexibility index (Phi) is 6.18. The number of aryl methyl sites for hydroxylation is 3. The van der Waals surface area contributed by atoms with Gasteiger partial charge in [-0.25, -0.2) is 0 Å². The Morgan fingerprint density at radius 3 is 1.64 bits per heavy atom. The van der Waals surface area contributed by atoms with Gasteiger partial charge in [0.2, 0.25) is 6.71 Å². The van der Waals surface area contributed by atoms with E-state index in [1.54, 1.807) is 0 Å². The summed E-state index contributed by atoms with van der Waals surface area (Å²) in [5.41, 5.74) is 10.8. The first-order valence-corrected chi connectivity index (χ1v) is 14.7. The predicted octanol–water partition coefficient (Wildman–Crippen LogP) is 4.94. The van der Waals surface area contributed by atoms with Gasteiger partial charge in [-0.2, -0.15) is 0 Å². The molecule has 0 saturated heterocycles. The molecule has 0 radical (unpaired) electrons. The van der Waals surface area contributed by atoms with E-state index in [0.717, 1.165) is 13.3 Å². The van der Waals surface area contributed by atoms with Gasteiger partial charge in [0.15, 0.2) is 0 Å². The van der Waals surface area contributed by atoms with Crippen molar-refractivity contribution in [2.75, 3.05) is 23.1 Å². The largest absolute Gasteiger partial charge is 0.353 e. The maximum Gasteiger partial charge on any atom is 0.242 e. The molecule has 39 heavy (non-hydrogen) atoms. The Labute approximate surface area is 234 Å².